The standard InChI is InChI=1S/2C3H6N6.2H4O7P2/c2*4-1-7-2(5)9-3(6)8-1;2*1-8(2,3)7-9(4,5)6/h2*(H6,4,5,6,7,8,9);2*(H2,1,2,3)(H2,4,5,6). The van der Waals surface area contributed by atoms with E-state index in [1.165, 1.54) is 0 Å². The van der Waals surface area contributed by atoms with Crippen molar-refractivity contribution < 1.29 is 66.0 Å². The zero-order valence-electron chi connectivity index (χ0n) is 17.0. The van der Waals surface area contributed by atoms with Gasteiger partial charge in [-0.2, -0.15) is 38.5 Å². The summed E-state index contributed by atoms with van der Waals surface area (Å²) in [4.78, 5) is 82.9. The molecule has 0 aromatic carbocycles. The Bertz CT molecular complexity index is 942. The summed E-state index contributed by atoms with van der Waals surface area (Å²) in [5.74, 6) is 0.250. The minimum atomic E-state index is -5.05. The molecule has 0 aliphatic carbocycles. The maximum atomic E-state index is 9.63. The van der Waals surface area contributed by atoms with Crippen molar-refractivity contribution in [2.75, 3.05) is 34.4 Å². The van der Waals surface area contributed by atoms with Crippen molar-refractivity contribution in [1.29, 1.82) is 0 Å². The average molecular weight is 608 g/mol. The van der Waals surface area contributed by atoms with Crippen LogP contribution in [0.25, 0.3) is 0 Å². The summed E-state index contributed by atoms with van der Waals surface area (Å²) >= 11 is 0. The Morgan fingerprint density at radius 2 is 0.500 bits per heavy atom. The number of hydrogen-bond acceptors (Lipinski definition) is 18. The second kappa shape index (κ2) is 14.2. The fourth-order valence-electron chi connectivity index (χ4n) is 1.13. The zero-order valence-corrected chi connectivity index (χ0v) is 20.5. The fraction of sp³-hybridized carbons (Fsp3) is 0. The van der Waals surface area contributed by atoms with Gasteiger partial charge in [-0.3, -0.25) is 0 Å². The molecule has 26 nitrogen and oxygen atoms in total. The quantitative estimate of drug-likeness (QED) is 0.146. The second-order valence-electron chi connectivity index (χ2n) is 4.95. The molecule has 0 fully saturated rings. The molecule has 0 spiro atoms. The SMILES string of the molecule is Nc1nc(N)nc(N)n1.Nc1nc(N)nc(N)n1.O=P(O)(O)OP(=O)(O)O.O=P(O)(O)OP(=O)(O)O. The van der Waals surface area contributed by atoms with Crippen molar-refractivity contribution in [2.45, 2.75) is 0 Å². The average Bonchev–Trinajstić information content (AvgIpc) is 2.45. The van der Waals surface area contributed by atoms with Gasteiger partial charge in [0.25, 0.3) is 0 Å². The summed E-state index contributed by atoms with van der Waals surface area (Å²) in [7, 11) is -20.2. The monoisotopic (exact) mass is 608 g/mol. The van der Waals surface area contributed by atoms with Crippen LogP contribution in [0.4, 0.5) is 35.7 Å². The van der Waals surface area contributed by atoms with Gasteiger partial charge in [0, 0.05) is 0 Å². The van der Waals surface area contributed by atoms with Gasteiger partial charge in [-0.05, 0) is 0 Å². The van der Waals surface area contributed by atoms with Crippen LogP contribution in [0.2, 0.25) is 0 Å². The van der Waals surface area contributed by atoms with E-state index in [-0.39, 0.29) is 35.7 Å². The molecule has 0 atom stereocenters. The molecule has 2 aromatic heterocycles. The molecule has 2 heterocycles. The molecule has 0 saturated heterocycles. The van der Waals surface area contributed by atoms with E-state index in [0.717, 1.165) is 0 Å². The number of anilines is 6. The van der Waals surface area contributed by atoms with Crippen LogP contribution in [-0.2, 0) is 26.9 Å². The van der Waals surface area contributed by atoms with E-state index in [4.69, 9.17) is 73.5 Å². The first-order chi connectivity index (χ1) is 15.8. The smallest absolute Gasteiger partial charge is 0.368 e. The molecule has 20 N–H and O–H groups in total. The van der Waals surface area contributed by atoms with Gasteiger partial charge in [-0.15, -0.1) is 0 Å². The fourth-order valence-corrected chi connectivity index (χ4v) is 3.35. The van der Waals surface area contributed by atoms with Crippen LogP contribution in [0, 0.1) is 0 Å². The third-order valence-corrected chi connectivity index (χ3v) is 5.20. The molecule has 30 heteroatoms. The summed E-state index contributed by atoms with van der Waals surface area (Å²) < 4.78 is 44.4. The summed E-state index contributed by atoms with van der Waals surface area (Å²) in [6.07, 6.45) is 0. The molecular formula is C6H20N12O14P4. The maximum absolute atomic E-state index is 9.63. The van der Waals surface area contributed by atoms with Crippen molar-refractivity contribution >= 4 is 67.0 Å². The highest BCUT2D eigenvalue weighted by Gasteiger charge is 2.28. The number of rotatable bonds is 4. The number of nitrogens with zero attached hydrogens (tertiary/aromatic N) is 6. The van der Waals surface area contributed by atoms with Crippen molar-refractivity contribution in [2.24, 2.45) is 0 Å². The number of phosphoric acid groups is 4. The van der Waals surface area contributed by atoms with Gasteiger partial charge in [0.2, 0.25) is 35.7 Å². The van der Waals surface area contributed by atoms with Gasteiger partial charge in [-0.1, -0.05) is 0 Å². The van der Waals surface area contributed by atoms with Crippen LogP contribution in [0.1, 0.15) is 0 Å². The normalized spacial score (nSPS) is 11.6. The number of aromatic nitrogens is 6. The van der Waals surface area contributed by atoms with E-state index in [1.54, 1.807) is 0 Å². The van der Waals surface area contributed by atoms with Gasteiger partial charge in [0.15, 0.2) is 0 Å². The van der Waals surface area contributed by atoms with Gasteiger partial charge in [0.05, 0.1) is 0 Å². The Labute approximate surface area is 198 Å². The Kier molecular flexibility index (Phi) is 14.0. The van der Waals surface area contributed by atoms with E-state index in [9.17, 15) is 18.3 Å². The van der Waals surface area contributed by atoms with Gasteiger partial charge in [-0.25, -0.2) is 18.3 Å². The first kappa shape index (κ1) is 35.5. The molecule has 0 unspecified atom stereocenters. The van der Waals surface area contributed by atoms with Crippen LogP contribution in [-0.4, -0.2) is 69.1 Å². The van der Waals surface area contributed by atoms with Crippen LogP contribution < -0.4 is 34.4 Å². The largest absolute Gasteiger partial charge is 0.478 e. The zero-order chi connectivity index (χ0) is 29.1. The molecule has 36 heavy (non-hydrogen) atoms. The van der Waals surface area contributed by atoms with Gasteiger partial charge < -0.3 is 73.5 Å². The summed E-state index contributed by atoms with van der Waals surface area (Å²) in [6, 6.07) is 0. The van der Waals surface area contributed by atoms with E-state index in [0.29, 0.717) is 0 Å². The third kappa shape index (κ3) is 26.0. The van der Waals surface area contributed by atoms with Crippen LogP contribution in [0.3, 0.4) is 0 Å². The first-order valence-electron chi connectivity index (χ1n) is 7.48. The van der Waals surface area contributed by atoms with Crippen LogP contribution in [0.15, 0.2) is 0 Å². The Morgan fingerprint density at radius 1 is 0.389 bits per heavy atom. The molecule has 2 aromatic rings. The van der Waals surface area contributed by atoms with Gasteiger partial charge >= 0.3 is 31.3 Å². The summed E-state index contributed by atoms with van der Waals surface area (Å²) in [6.45, 7) is 0. The topological polar surface area (TPSA) is 482 Å². The van der Waals surface area contributed by atoms with Crippen LogP contribution in [0.5, 0.6) is 0 Å². The van der Waals surface area contributed by atoms with E-state index >= 15 is 0 Å². The predicted octanol–water partition coefficient (Wildman–Crippen LogP) is -4.39. The lowest BCUT2D eigenvalue weighted by Gasteiger charge is -2.03. The van der Waals surface area contributed by atoms with E-state index in [1.807, 2.05) is 0 Å². The predicted molar refractivity (Wildman–Crippen MR) is 116 cm³/mol. The van der Waals surface area contributed by atoms with E-state index in [2.05, 4.69) is 38.5 Å². The Morgan fingerprint density at radius 3 is 0.556 bits per heavy atom. The van der Waals surface area contributed by atoms with Crippen molar-refractivity contribution in [3.8, 4) is 0 Å². The molecule has 0 bridgehead atoms. The van der Waals surface area contributed by atoms with Crippen molar-refractivity contribution in [3.05, 3.63) is 0 Å². The molecular weight excluding hydrogens is 588 g/mol. The highest BCUT2D eigenvalue weighted by Crippen LogP contribution is 2.54. The molecule has 0 aliphatic heterocycles. The van der Waals surface area contributed by atoms with Crippen molar-refractivity contribution in [3.63, 3.8) is 0 Å². The molecule has 2 rings (SSSR count). The summed E-state index contributed by atoms with van der Waals surface area (Å²) in [5.41, 5.74) is 30.8. The van der Waals surface area contributed by atoms with Gasteiger partial charge in [0.1, 0.15) is 0 Å². The Balaban J connectivity index is 0. The minimum Gasteiger partial charge on any atom is -0.368 e. The highest BCUT2D eigenvalue weighted by atomic mass is 31.3. The lowest BCUT2D eigenvalue weighted by Crippen LogP contribution is -2.05. The Hall–Kier alpha value is -2.66. The first-order valence-corrected chi connectivity index (χ1v) is 13.6. The lowest BCUT2D eigenvalue weighted by molar-refractivity contribution is 0.221. The maximum Gasteiger partial charge on any atom is 0.478 e. The molecule has 0 aliphatic rings. The molecule has 0 radical (unpaired) electrons. The highest BCUT2D eigenvalue weighted by molar-refractivity contribution is 7.60. The lowest BCUT2D eigenvalue weighted by atomic mass is 10.9. The number of nitrogens with two attached hydrogens (primary N) is 6. The van der Waals surface area contributed by atoms with E-state index < -0.39 is 31.3 Å². The molecule has 208 valence electrons. The minimum absolute atomic E-state index is 0.0417. The summed E-state index contributed by atoms with van der Waals surface area (Å²) in [5, 5.41) is 0. The van der Waals surface area contributed by atoms with Crippen molar-refractivity contribution in [1.82, 2.24) is 29.9 Å². The molecule has 0 amide bonds. The second-order valence-corrected chi connectivity index (χ2v) is 10.2. The number of hydrogen-bond donors (Lipinski definition) is 14. The third-order valence-electron chi connectivity index (χ3n) is 1.80. The van der Waals surface area contributed by atoms with Crippen LogP contribution >= 0.6 is 31.3 Å². The number of nitrogen functional groups attached to an aromatic ring is 6. The molecule has 0 saturated carbocycles.